The number of halogens is 1. The Bertz CT molecular complexity index is 809. The van der Waals surface area contributed by atoms with Crippen LogP contribution in [0.2, 0.25) is 0 Å². The molecule has 6 nitrogen and oxygen atoms in total. The van der Waals surface area contributed by atoms with Crippen molar-refractivity contribution in [3.8, 4) is 5.75 Å². The van der Waals surface area contributed by atoms with Gasteiger partial charge in [-0.2, -0.15) is 0 Å². The fourth-order valence-corrected chi connectivity index (χ4v) is 3.65. The van der Waals surface area contributed by atoms with Crippen molar-refractivity contribution in [2.24, 2.45) is 0 Å². The van der Waals surface area contributed by atoms with Gasteiger partial charge in [0.15, 0.2) is 0 Å². The lowest BCUT2D eigenvalue weighted by molar-refractivity contribution is -0.231. The van der Waals surface area contributed by atoms with Crippen LogP contribution in [0.1, 0.15) is 42.6 Å². The molecule has 6 atom stereocenters. The highest BCUT2D eigenvalue weighted by molar-refractivity contribution is 5.38. The molecule has 29 heavy (non-hydrogen) atoms. The van der Waals surface area contributed by atoms with Gasteiger partial charge in [-0.3, -0.25) is 0 Å². The molecule has 158 valence electrons. The highest BCUT2D eigenvalue weighted by Gasteiger charge is 2.44. The van der Waals surface area contributed by atoms with Crippen LogP contribution in [-0.2, 0) is 4.74 Å². The molecule has 0 radical (unpaired) electrons. The van der Waals surface area contributed by atoms with Crippen molar-refractivity contribution in [3.63, 3.8) is 0 Å². The van der Waals surface area contributed by atoms with Crippen molar-refractivity contribution >= 4 is 0 Å². The predicted molar refractivity (Wildman–Crippen MR) is 104 cm³/mol. The third-order valence-corrected chi connectivity index (χ3v) is 5.40. The van der Waals surface area contributed by atoms with Crippen molar-refractivity contribution < 1.29 is 34.3 Å². The second-order valence-corrected chi connectivity index (χ2v) is 7.25. The van der Waals surface area contributed by atoms with Gasteiger partial charge in [0.2, 0.25) is 0 Å². The molecule has 1 aliphatic heterocycles. The molecule has 3 rings (SSSR count). The summed E-state index contributed by atoms with van der Waals surface area (Å²) in [5.74, 6) is 0.0502. The average molecular weight is 406 g/mol. The smallest absolute Gasteiger partial charge is 0.127 e. The lowest BCUT2D eigenvalue weighted by Gasteiger charge is -2.40. The molecule has 0 bridgehead atoms. The van der Waals surface area contributed by atoms with Crippen LogP contribution in [0.4, 0.5) is 4.39 Å². The van der Waals surface area contributed by atoms with Crippen LogP contribution in [0.3, 0.4) is 0 Å². The summed E-state index contributed by atoms with van der Waals surface area (Å²) in [4.78, 5) is 0. The monoisotopic (exact) mass is 406 g/mol. The summed E-state index contributed by atoms with van der Waals surface area (Å²) in [6.45, 7) is 3.81. The van der Waals surface area contributed by atoms with Gasteiger partial charge in [0, 0.05) is 5.92 Å². The third kappa shape index (κ3) is 4.44. The number of aliphatic hydroxyl groups is 4. The first-order valence-corrected chi connectivity index (χ1v) is 9.70. The maximum absolute atomic E-state index is 14.6. The maximum Gasteiger partial charge on any atom is 0.127 e. The Kier molecular flexibility index (Phi) is 6.87. The summed E-state index contributed by atoms with van der Waals surface area (Å²) in [5.41, 5.74) is 1.75. The van der Waals surface area contributed by atoms with E-state index in [0.717, 1.165) is 11.3 Å². The van der Waals surface area contributed by atoms with Gasteiger partial charge in [0.05, 0.1) is 13.2 Å². The quantitative estimate of drug-likeness (QED) is 0.585. The minimum atomic E-state index is -1.48. The first-order valence-electron chi connectivity index (χ1n) is 9.70. The standard InChI is InChI=1S/C22H27FO6/c1-3-28-15-7-4-13(5-8-15)12(2)16-10-14(6-9-17(16)23)22-21(27)20(26)19(25)18(11-24)29-22/h4-10,12,18-22,24-27H,3,11H2,1-2H3/t12?,18-,19-,20+,21-,22+/m1/s1. The molecular weight excluding hydrogens is 379 g/mol. The van der Waals surface area contributed by atoms with E-state index in [1.165, 1.54) is 12.1 Å². The van der Waals surface area contributed by atoms with Gasteiger partial charge in [0.1, 0.15) is 42.1 Å². The Morgan fingerprint density at radius 3 is 2.34 bits per heavy atom. The second-order valence-electron chi connectivity index (χ2n) is 7.25. The van der Waals surface area contributed by atoms with Crippen LogP contribution in [0.5, 0.6) is 5.75 Å². The van der Waals surface area contributed by atoms with Gasteiger partial charge >= 0.3 is 0 Å². The van der Waals surface area contributed by atoms with Gasteiger partial charge in [-0.05, 0) is 47.9 Å². The summed E-state index contributed by atoms with van der Waals surface area (Å²) in [6.07, 6.45) is -6.35. The van der Waals surface area contributed by atoms with E-state index in [9.17, 15) is 24.8 Å². The fourth-order valence-electron chi connectivity index (χ4n) is 3.65. The minimum absolute atomic E-state index is 0.282. The number of hydrogen-bond acceptors (Lipinski definition) is 6. The van der Waals surface area contributed by atoms with E-state index in [1.807, 2.05) is 38.1 Å². The second kappa shape index (κ2) is 9.19. The van der Waals surface area contributed by atoms with E-state index in [-0.39, 0.29) is 5.92 Å². The van der Waals surface area contributed by atoms with Gasteiger partial charge in [-0.15, -0.1) is 0 Å². The van der Waals surface area contributed by atoms with Gasteiger partial charge in [0.25, 0.3) is 0 Å². The van der Waals surface area contributed by atoms with Crippen molar-refractivity contribution in [1.82, 2.24) is 0 Å². The molecule has 1 unspecified atom stereocenters. The molecule has 1 fully saturated rings. The van der Waals surface area contributed by atoms with Crippen LogP contribution in [0.15, 0.2) is 42.5 Å². The molecule has 4 N–H and O–H groups in total. The number of ether oxygens (including phenoxy) is 2. The van der Waals surface area contributed by atoms with Crippen LogP contribution >= 0.6 is 0 Å². The molecule has 1 saturated heterocycles. The van der Waals surface area contributed by atoms with Crippen LogP contribution in [0, 0.1) is 5.82 Å². The Morgan fingerprint density at radius 2 is 1.72 bits per heavy atom. The zero-order valence-corrected chi connectivity index (χ0v) is 16.4. The molecule has 1 aliphatic rings. The van der Waals surface area contributed by atoms with Crippen LogP contribution in [0.25, 0.3) is 0 Å². The lowest BCUT2D eigenvalue weighted by atomic mass is 9.87. The van der Waals surface area contributed by atoms with E-state index in [1.54, 1.807) is 6.07 Å². The topological polar surface area (TPSA) is 99.4 Å². The molecule has 7 heteroatoms. The highest BCUT2D eigenvalue weighted by atomic mass is 19.1. The SMILES string of the molecule is CCOc1ccc(C(C)c2cc([C@@H]3O[C@H](CO)[C@@H](O)[C@H](O)[C@H]3O)ccc2F)cc1. The number of rotatable bonds is 6. The van der Waals surface area contributed by atoms with E-state index in [0.29, 0.717) is 17.7 Å². The van der Waals surface area contributed by atoms with E-state index >= 15 is 0 Å². The normalized spacial score (nSPS) is 28.2. The highest BCUT2D eigenvalue weighted by Crippen LogP contribution is 2.35. The summed E-state index contributed by atoms with van der Waals surface area (Å²) >= 11 is 0. The summed E-state index contributed by atoms with van der Waals surface area (Å²) in [7, 11) is 0. The summed E-state index contributed by atoms with van der Waals surface area (Å²) in [5, 5.41) is 39.7. The molecule has 2 aromatic carbocycles. The fraction of sp³-hybridized carbons (Fsp3) is 0.455. The zero-order valence-electron chi connectivity index (χ0n) is 16.4. The number of benzene rings is 2. The molecule has 0 saturated carbocycles. The van der Waals surface area contributed by atoms with Crippen molar-refractivity contribution in [2.75, 3.05) is 13.2 Å². The summed E-state index contributed by atoms with van der Waals surface area (Å²) < 4.78 is 25.6. The van der Waals surface area contributed by atoms with Crippen molar-refractivity contribution in [1.29, 1.82) is 0 Å². The molecule has 0 spiro atoms. The minimum Gasteiger partial charge on any atom is -0.494 e. The maximum atomic E-state index is 14.6. The molecule has 0 amide bonds. The van der Waals surface area contributed by atoms with Gasteiger partial charge in [-0.25, -0.2) is 4.39 Å². The Labute approximate surface area is 169 Å². The Morgan fingerprint density at radius 1 is 1.03 bits per heavy atom. The average Bonchev–Trinajstić information content (AvgIpc) is 2.73. The van der Waals surface area contributed by atoms with Crippen LogP contribution < -0.4 is 4.74 Å². The molecule has 0 aliphatic carbocycles. The van der Waals surface area contributed by atoms with E-state index in [2.05, 4.69) is 0 Å². The number of hydrogen-bond donors (Lipinski definition) is 4. The lowest BCUT2D eigenvalue weighted by Crippen LogP contribution is -2.55. The molecular formula is C22H27FO6. The predicted octanol–water partition coefficient (Wildman–Crippen LogP) is 1.89. The molecule has 0 aromatic heterocycles. The zero-order chi connectivity index (χ0) is 21.1. The number of aliphatic hydroxyl groups excluding tert-OH is 4. The largest absolute Gasteiger partial charge is 0.494 e. The Balaban J connectivity index is 1.89. The van der Waals surface area contributed by atoms with Gasteiger partial charge < -0.3 is 29.9 Å². The third-order valence-electron chi connectivity index (χ3n) is 5.40. The molecule has 2 aromatic rings. The van der Waals surface area contributed by atoms with Crippen molar-refractivity contribution in [2.45, 2.75) is 50.3 Å². The first-order chi connectivity index (χ1) is 13.9. The molecule has 1 heterocycles. The first kappa shape index (κ1) is 21.7. The Hall–Kier alpha value is -2.03. The van der Waals surface area contributed by atoms with E-state index < -0.39 is 42.9 Å². The summed E-state index contributed by atoms with van der Waals surface area (Å²) in [6, 6.07) is 11.7. The van der Waals surface area contributed by atoms with Crippen molar-refractivity contribution in [3.05, 3.63) is 65.0 Å². The van der Waals surface area contributed by atoms with E-state index in [4.69, 9.17) is 9.47 Å². The van der Waals surface area contributed by atoms with Gasteiger partial charge in [-0.1, -0.05) is 25.1 Å². The van der Waals surface area contributed by atoms with Crippen LogP contribution in [-0.4, -0.2) is 58.1 Å².